The van der Waals surface area contributed by atoms with Crippen molar-refractivity contribution < 1.29 is 8.42 Å². The molecule has 1 aromatic heterocycles. The van der Waals surface area contributed by atoms with Crippen molar-refractivity contribution in [1.29, 1.82) is 0 Å². The van der Waals surface area contributed by atoms with Gasteiger partial charge in [-0.2, -0.15) is 5.10 Å². The number of nitrogens with zero attached hydrogens (tertiary/aromatic N) is 1. The van der Waals surface area contributed by atoms with Crippen LogP contribution in [0, 0.1) is 0 Å². The zero-order valence-electron chi connectivity index (χ0n) is 6.32. The Balaban J connectivity index is 2.69. The molecule has 1 rings (SSSR count). The summed E-state index contributed by atoms with van der Waals surface area (Å²) in [6.07, 6.45) is 4.17. The average molecular weight is 187 g/mol. The van der Waals surface area contributed by atoms with Crippen molar-refractivity contribution in [2.45, 2.75) is 0 Å². The van der Waals surface area contributed by atoms with E-state index in [0.29, 0.717) is 5.69 Å². The van der Waals surface area contributed by atoms with Crippen LogP contribution in [-0.2, 0) is 10.0 Å². The van der Waals surface area contributed by atoms with Gasteiger partial charge in [-0.15, -0.1) is 6.58 Å². The van der Waals surface area contributed by atoms with Crippen LogP contribution in [0.1, 0.15) is 0 Å². The molecule has 0 amide bonds. The molecule has 0 atom stereocenters. The lowest BCUT2D eigenvalue weighted by Crippen LogP contribution is -2.14. The minimum atomic E-state index is -3.28. The largest absolute Gasteiger partial charge is 0.284 e. The zero-order chi connectivity index (χ0) is 9.03. The first-order valence-electron chi connectivity index (χ1n) is 3.24. The van der Waals surface area contributed by atoms with Crippen LogP contribution in [0.15, 0.2) is 25.0 Å². The topological polar surface area (TPSA) is 74.8 Å². The Bertz CT molecular complexity index is 341. The Morgan fingerprint density at radius 2 is 2.50 bits per heavy atom. The molecule has 2 N–H and O–H groups in total. The van der Waals surface area contributed by atoms with E-state index in [9.17, 15) is 8.42 Å². The van der Waals surface area contributed by atoms with E-state index in [-0.39, 0.29) is 5.75 Å². The molecule has 0 fully saturated rings. The Morgan fingerprint density at radius 1 is 1.75 bits per heavy atom. The van der Waals surface area contributed by atoms with E-state index < -0.39 is 10.0 Å². The number of aromatic nitrogens is 2. The summed E-state index contributed by atoms with van der Waals surface area (Å²) in [7, 11) is -3.28. The minimum Gasteiger partial charge on any atom is -0.284 e. The zero-order valence-corrected chi connectivity index (χ0v) is 7.13. The highest BCUT2D eigenvalue weighted by molar-refractivity contribution is 7.92. The molecule has 5 nitrogen and oxygen atoms in total. The summed E-state index contributed by atoms with van der Waals surface area (Å²) in [4.78, 5) is 0. The second kappa shape index (κ2) is 3.40. The van der Waals surface area contributed by atoms with Crippen LogP contribution in [0.2, 0.25) is 0 Å². The van der Waals surface area contributed by atoms with E-state index in [0.717, 1.165) is 0 Å². The van der Waals surface area contributed by atoms with Gasteiger partial charge in [0.15, 0.2) is 0 Å². The number of hydrogen-bond acceptors (Lipinski definition) is 3. The number of aromatic amines is 1. The van der Waals surface area contributed by atoms with E-state index in [2.05, 4.69) is 21.5 Å². The van der Waals surface area contributed by atoms with Crippen molar-refractivity contribution in [3.8, 4) is 0 Å². The number of H-pyrrole nitrogens is 1. The fourth-order valence-corrected chi connectivity index (χ4v) is 1.55. The van der Waals surface area contributed by atoms with Crippen molar-refractivity contribution in [1.82, 2.24) is 10.2 Å². The quantitative estimate of drug-likeness (QED) is 0.667. The fourth-order valence-electron chi connectivity index (χ4n) is 0.683. The lowest BCUT2D eigenvalue weighted by molar-refractivity contribution is 0.604. The molecular weight excluding hydrogens is 178 g/mol. The summed E-state index contributed by atoms with van der Waals surface area (Å²) in [5.74, 6) is -0.0990. The van der Waals surface area contributed by atoms with Crippen molar-refractivity contribution >= 4 is 15.7 Å². The molecule has 12 heavy (non-hydrogen) atoms. The molecule has 0 saturated carbocycles. The standard InChI is InChI=1S/C6H9N3O2S/c1-2-3-12(10,11)9-6-4-7-8-5-6/h2,4-5,9H,1,3H2,(H,7,8). The third-order valence-corrected chi connectivity index (χ3v) is 2.33. The first kappa shape index (κ1) is 8.79. The van der Waals surface area contributed by atoms with Gasteiger partial charge in [0.1, 0.15) is 0 Å². The summed E-state index contributed by atoms with van der Waals surface area (Å²) in [6, 6.07) is 0. The molecule has 6 heteroatoms. The van der Waals surface area contributed by atoms with Gasteiger partial charge in [0.2, 0.25) is 10.0 Å². The van der Waals surface area contributed by atoms with Gasteiger partial charge in [0, 0.05) is 6.20 Å². The minimum absolute atomic E-state index is 0.0990. The van der Waals surface area contributed by atoms with Crippen LogP contribution in [0.5, 0.6) is 0 Å². The molecule has 1 aromatic rings. The smallest absolute Gasteiger partial charge is 0.236 e. The van der Waals surface area contributed by atoms with E-state index in [4.69, 9.17) is 0 Å². The van der Waals surface area contributed by atoms with E-state index >= 15 is 0 Å². The highest BCUT2D eigenvalue weighted by Gasteiger charge is 2.07. The Kier molecular flexibility index (Phi) is 2.49. The predicted molar refractivity (Wildman–Crippen MR) is 46.2 cm³/mol. The summed E-state index contributed by atoms with van der Waals surface area (Å²) in [6.45, 7) is 3.33. The van der Waals surface area contributed by atoms with Gasteiger partial charge in [-0.3, -0.25) is 9.82 Å². The van der Waals surface area contributed by atoms with Crippen molar-refractivity contribution in [2.75, 3.05) is 10.5 Å². The average Bonchev–Trinajstić information content (AvgIpc) is 2.38. The maximum absolute atomic E-state index is 11.1. The number of hydrogen-bond donors (Lipinski definition) is 2. The lowest BCUT2D eigenvalue weighted by Gasteiger charge is -2.00. The van der Waals surface area contributed by atoms with Crippen molar-refractivity contribution in [3.63, 3.8) is 0 Å². The maximum atomic E-state index is 11.1. The van der Waals surface area contributed by atoms with Gasteiger partial charge in [-0.1, -0.05) is 6.08 Å². The number of anilines is 1. The molecule has 0 bridgehead atoms. The van der Waals surface area contributed by atoms with Gasteiger partial charge in [0.05, 0.1) is 17.6 Å². The molecule has 66 valence electrons. The third-order valence-electron chi connectivity index (χ3n) is 1.11. The fraction of sp³-hybridized carbons (Fsp3) is 0.167. The van der Waals surface area contributed by atoms with Crippen molar-refractivity contribution in [3.05, 3.63) is 25.0 Å². The Hall–Kier alpha value is -1.30. The number of sulfonamides is 1. The molecule has 0 radical (unpaired) electrons. The predicted octanol–water partition coefficient (Wildman–Crippen LogP) is 0.337. The van der Waals surface area contributed by atoms with Gasteiger partial charge in [-0.25, -0.2) is 8.42 Å². The van der Waals surface area contributed by atoms with Crippen molar-refractivity contribution in [2.24, 2.45) is 0 Å². The van der Waals surface area contributed by atoms with Crippen LogP contribution >= 0.6 is 0 Å². The summed E-state index contributed by atoms with van der Waals surface area (Å²) in [5, 5.41) is 6.08. The monoisotopic (exact) mass is 187 g/mol. The molecule has 0 aliphatic rings. The number of rotatable bonds is 4. The summed E-state index contributed by atoms with van der Waals surface area (Å²) < 4.78 is 24.5. The normalized spacial score (nSPS) is 11.0. The van der Waals surface area contributed by atoms with E-state index in [1.807, 2.05) is 0 Å². The lowest BCUT2D eigenvalue weighted by atomic mass is 10.6. The van der Waals surface area contributed by atoms with Gasteiger partial charge >= 0.3 is 0 Å². The Labute approximate surface area is 70.5 Å². The SMILES string of the molecule is C=CCS(=O)(=O)Nc1cn[nH]c1. The molecule has 0 aromatic carbocycles. The van der Waals surface area contributed by atoms with E-state index in [1.165, 1.54) is 18.5 Å². The van der Waals surface area contributed by atoms with Gasteiger partial charge in [-0.05, 0) is 0 Å². The molecule has 1 heterocycles. The second-order valence-corrected chi connectivity index (χ2v) is 3.93. The maximum Gasteiger partial charge on any atom is 0.236 e. The number of nitrogens with one attached hydrogen (secondary N) is 2. The van der Waals surface area contributed by atoms with Crippen LogP contribution < -0.4 is 4.72 Å². The third kappa shape index (κ3) is 2.39. The van der Waals surface area contributed by atoms with E-state index in [1.54, 1.807) is 0 Å². The first-order chi connectivity index (χ1) is 5.64. The summed E-state index contributed by atoms with van der Waals surface area (Å²) >= 11 is 0. The van der Waals surface area contributed by atoms with Crippen LogP contribution in [0.4, 0.5) is 5.69 Å². The Morgan fingerprint density at radius 3 is 3.00 bits per heavy atom. The first-order valence-corrected chi connectivity index (χ1v) is 4.89. The summed E-state index contributed by atoms with van der Waals surface area (Å²) in [5.41, 5.74) is 0.428. The van der Waals surface area contributed by atoms with Crippen LogP contribution in [-0.4, -0.2) is 24.4 Å². The van der Waals surface area contributed by atoms with Crippen LogP contribution in [0.3, 0.4) is 0 Å². The molecule has 0 aliphatic carbocycles. The van der Waals surface area contributed by atoms with Gasteiger partial charge in [0.25, 0.3) is 0 Å². The molecular formula is C6H9N3O2S. The van der Waals surface area contributed by atoms with Crippen LogP contribution in [0.25, 0.3) is 0 Å². The second-order valence-electron chi connectivity index (χ2n) is 2.16. The molecule has 0 aliphatic heterocycles. The molecule has 0 spiro atoms. The van der Waals surface area contributed by atoms with Gasteiger partial charge < -0.3 is 0 Å². The molecule has 0 saturated heterocycles. The molecule has 0 unspecified atom stereocenters. The highest BCUT2D eigenvalue weighted by Crippen LogP contribution is 2.04. The highest BCUT2D eigenvalue weighted by atomic mass is 32.2.